The number of unbranched alkanes of at least 4 members (excludes halogenated alkanes) is 9. The van der Waals surface area contributed by atoms with Crippen LogP contribution in [0, 0.1) is 0 Å². The lowest BCUT2D eigenvalue weighted by molar-refractivity contribution is -0.119. The molecule has 30 heavy (non-hydrogen) atoms. The zero-order chi connectivity index (χ0) is 22.5. The van der Waals surface area contributed by atoms with E-state index in [2.05, 4.69) is 29.9 Å². The van der Waals surface area contributed by atoms with Gasteiger partial charge in [0.25, 0.3) is 0 Å². The number of rotatable bonds is 20. The molecule has 0 aliphatic heterocycles. The topological polar surface area (TPSA) is 83.5 Å². The molecule has 0 saturated heterocycles. The molecule has 0 aromatic heterocycles. The molecule has 0 bridgehead atoms. The van der Waals surface area contributed by atoms with Crippen LogP contribution in [0.25, 0.3) is 0 Å². The fourth-order valence-electron chi connectivity index (χ4n) is 3.04. The Labute approximate surface area is 185 Å². The minimum Gasteiger partial charge on any atom is -0.389 e. The molecule has 0 saturated carbocycles. The first kappa shape index (κ1) is 28.9. The molecule has 0 aromatic rings. The molecule has 0 spiro atoms. The minimum atomic E-state index is -3.45. The Morgan fingerprint density at radius 3 is 2.03 bits per heavy atom. The second-order valence-electron chi connectivity index (χ2n) is 8.04. The zero-order valence-electron chi connectivity index (χ0n) is 19.3. The summed E-state index contributed by atoms with van der Waals surface area (Å²) in [7, 11) is -3.45. The lowest BCUT2D eigenvalue weighted by Gasteiger charge is -2.05. The number of aliphatic hydroxyl groups is 1. The summed E-state index contributed by atoms with van der Waals surface area (Å²) in [6.07, 6.45) is 22.4. The summed E-state index contributed by atoms with van der Waals surface area (Å²) in [6.45, 7) is 4.06. The van der Waals surface area contributed by atoms with Crippen LogP contribution in [0.2, 0.25) is 0 Å². The van der Waals surface area contributed by atoms with Gasteiger partial charge in [0.2, 0.25) is 15.9 Å². The molecule has 6 heteroatoms. The van der Waals surface area contributed by atoms with Crippen LogP contribution in [0.5, 0.6) is 0 Å². The van der Waals surface area contributed by atoms with Crippen LogP contribution in [0.4, 0.5) is 0 Å². The summed E-state index contributed by atoms with van der Waals surface area (Å²) in [6, 6.07) is 0. The Balaban J connectivity index is 3.51. The number of aliphatic hydroxyl groups excluding tert-OH is 1. The van der Waals surface area contributed by atoms with Crippen molar-refractivity contribution >= 4 is 15.9 Å². The van der Waals surface area contributed by atoms with Crippen molar-refractivity contribution < 1.29 is 18.3 Å². The van der Waals surface area contributed by atoms with Crippen molar-refractivity contribution in [1.82, 2.24) is 4.72 Å². The molecule has 0 aliphatic rings. The number of carbonyl (C=O) groups is 1. The summed E-state index contributed by atoms with van der Waals surface area (Å²) >= 11 is 0. The van der Waals surface area contributed by atoms with Gasteiger partial charge in [-0.25, -0.2) is 8.42 Å². The highest BCUT2D eigenvalue weighted by atomic mass is 32.2. The van der Waals surface area contributed by atoms with Crippen molar-refractivity contribution in [1.29, 1.82) is 0 Å². The van der Waals surface area contributed by atoms with Crippen molar-refractivity contribution in [3.05, 3.63) is 24.3 Å². The third-order valence-corrected chi connectivity index (χ3v) is 6.30. The molecule has 1 atom stereocenters. The molecular weight excluding hydrogens is 398 g/mol. The van der Waals surface area contributed by atoms with E-state index in [9.17, 15) is 18.3 Å². The lowest BCUT2D eigenvalue weighted by atomic mass is 10.1. The van der Waals surface area contributed by atoms with E-state index in [1.165, 1.54) is 32.1 Å². The first-order chi connectivity index (χ1) is 14.4. The van der Waals surface area contributed by atoms with Gasteiger partial charge in [-0.3, -0.25) is 9.52 Å². The van der Waals surface area contributed by atoms with Gasteiger partial charge in [-0.05, 0) is 51.4 Å². The maximum absolute atomic E-state index is 11.7. The molecule has 0 radical (unpaired) electrons. The van der Waals surface area contributed by atoms with E-state index in [1.807, 2.05) is 13.0 Å². The van der Waals surface area contributed by atoms with Gasteiger partial charge < -0.3 is 5.11 Å². The summed E-state index contributed by atoms with van der Waals surface area (Å²) in [5.41, 5.74) is 0. The average Bonchev–Trinajstić information content (AvgIpc) is 2.70. The predicted molar refractivity (Wildman–Crippen MR) is 127 cm³/mol. The third kappa shape index (κ3) is 20.1. The quantitative estimate of drug-likeness (QED) is 0.184. The van der Waals surface area contributed by atoms with Crippen molar-refractivity contribution in [2.45, 2.75) is 116 Å². The van der Waals surface area contributed by atoms with E-state index in [-0.39, 0.29) is 18.3 Å². The SMILES string of the molecule is CCCC[C@@H](O)C=CCCCCCCCC=CCCCC(=O)NS(=O)(=O)CCCC. The molecule has 0 aromatic carbocycles. The normalized spacial score (nSPS) is 13.3. The maximum atomic E-state index is 11.7. The molecule has 0 unspecified atom stereocenters. The molecule has 2 N–H and O–H groups in total. The molecule has 5 nitrogen and oxygen atoms in total. The van der Waals surface area contributed by atoms with Gasteiger partial charge in [-0.2, -0.15) is 0 Å². The third-order valence-electron chi connectivity index (χ3n) is 4.93. The van der Waals surface area contributed by atoms with Gasteiger partial charge in [0.05, 0.1) is 11.9 Å². The Morgan fingerprint density at radius 2 is 1.40 bits per heavy atom. The summed E-state index contributed by atoms with van der Waals surface area (Å²) in [5, 5.41) is 9.72. The van der Waals surface area contributed by atoms with Gasteiger partial charge in [0.15, 0.2) is 0 Å². The second kappa shape index (κ2) is 19.8. The highest BCUT2D eigenvalue weighted by molar-refractivity contribution is 7.90. The van der Waals surface area contributed by atoms with Crippen LogP contribution >= 0.6 is 0 Å². The van der Waals surface area contributed by atoms with Crippen LogP contribution in [0.1, 0.15) is 110 Å². The maximum Gasteiger partial charge on any atom is 0.234 e. The van der Waals surface area contributed by atoms with Gasteiger partial charge in [-0.15, -0.1) is 0 Å². The van der Waals surface area contributed by atoms with E-state index in [4.69, 9.17) is 0 Å². The molecule has 0 fully saturated rings. The van der Waals surface area contributed by atoms with Crippen LogP contribution in [0.15, 0.2) is 24.3 Å². The average molecular weight is 444 g/mol. The standard InChI is InChI=1S/C24H45NO4S/c1-3-5-19-23(26)20-17-15-13-11-9-7-8-10-12-14-16-18-21-24(27)25-30(28,29)22-6-4-2/h12,14,17,20,23,26H,3-11,13,15-16,18-19,21-22H2,1-2H3,(H,25,27)/t23-/m1/s1. The highest BCUT2D eigenvalue weighted by Crippen LogP contribution is 2.09. The summed E-state index contributed by atoms with van der Waals surface area (Å²) in [4.78, 5) is 11.7. The number of hydrogen-bond acceptors (Lipinski definition) is 4. The molecule has 1 amide bonds. The fourth-order valence-corrected chi connectivity index (χ4v) is 4.26. The number of hydrogen-bond donors (Lipinski definition) is 2. The highest BCUT2D eigenvalue weighted by Gasteiger charge is 2.12. The Kier molecular flexibility index (Phi) is 19.0. The molecule has 0 aliphatic carbocycles. The Morgan fingerprint density at radius 1 is 0.833 bits per heavy atom. The predicted octanol–water partition coefficient (Wildman–Crippen LogP) is 5.80. The van der Waals surface area contributed by atoms with Gasteiger partial charge >= 0.3 is 0 Å². The molecular formula is C24H45NO4S. The number of carbonyl (C=O) groups excluding carboxylic acids is 1. The van der Waals surface area contributed by atoms with Gasteiger partial charge in [0, 0.05) is 6.42 Å². The smallest absolute Gasteiger partial charge is 0.234 e. The van der Waals surface area contributed by atoms with Crippen LogP contribution in [-0.4, -0.2) is 31.3 Å². The van der Waals surface area contributed by atoms with Crippen LogP contribution in [-0.2, 0) is 14.8 Å². The van der Waals surface area contributed by atoms with E-state index < -0.39 is 15.9 Å². The molecule has 176 valence electrons. The first-order valence-electron chi connectivity index (χ1n) is 11.9. The summed E-state index contributed by atoms with van der Waals surface area (Å²) < 4.78 is 25.4. The van der Waals surface area contributed by atoms with E-state index in [0.717, 1.165) is 44.9 Å². The van der Waals surface area contributed by atoms with E-state index in [1.54, 1.807) is 0 Å². The van der Waals surface area contributed by atoms with Crippen LogP contribution in [0.3, 0.4) is 0 Å². The fraction of sp³-hybridized carbons (Fsp3) is 0.792. The van der Waals surface area contributed by atoms with Crippen molar-refractivity contribution in [2.75, 3.05) is 5.75 Å². The van der Waals surface area contributed by atoms with E-state index in [0.29, 0.717) is 12.8 Å². The largest absolute Gasteiger partial charge is 0.389 e. The van der Waals surface area contributed by atoms with Gasteiger partial charge in [0.1, 0.15) is 0 Å². The first-order valence-corrected chi connectivity index (χ1v) is 13.6. The zero-order valence-corrected chi connectivity index (χ0v) is 20.1. The van der Waals surface area contributed by atoms with Crippen molar-refractivity contribution in [2.24, 2.45) is 0 Å². The number of sulfonamides is 1. The van der Waals surface area contributed by atoms with Crippen molar-refractivity contribution in [3.8, 4) is 0 Å². The van der Waals surface area contributed by atoms with Crippen molar-refractivity contribution in [3.63, 3.8) is 0 Å². The number of amides is 1. The Hall–Kier alpha value is -1.14. The van der Waals surface area contributed by atoms with Crippen LogP contribution < -0.4 is 4.72 Å². The second-order valence-corrected chi connectivity index (χ2v) is 9.89. The minimum absolute atomic E-state index is 0.0218. The number of nitrogens with one attached hydrogen (secondary N) is 1. The van der Waals surface area contributed by atoms with E-state index >= 15 is 0 Å². The van der Waals surface area contributed by atoms with Gasteiger partial charge in [-0.1, -0.05) is 76.7 Å². The molecule has 0 heterocycles. The lowest BCUT2D eigenvalue weighted by Crippen LogP contribution is -2.32. The summed E-state index contributed by atoms with van der Waals surface area (Å²) in [5.74, 6) is -0.376. The number of allylic oxidation sites excluding steroid dienone is 3. The monoisotopic (exact) mass is 443 g/mol. The molecule has 0 rings (SSSR count). The Bertz CT molecular complexity index is 570.